The normalized spacial score (nSPS) is 16.5. The summed E-state index contributed by atoms with van der Waals surface area (Å²) in [7, 11) is 0. The third-order valence-corrected chi connectivity index (χ3v) is 5.06. The van der Waals surface area contributed by atoms with Crippen molar-refractivity contribution in [1.29, 1.82) is 0 Å². The van der Waals surface area contributed by atoms with E-state index in [1.165, 1.54) is 6.42 Å². The highest BCUT2D eigenvalue weighted by atomic mass is 16.2. The number of rotatable bonds is 0. The summed E-state index contributed by atoms with van der Waals surface area (Å²) in [5, 5.41) is 0. The summed E-state index contributed by atoms with van der Waals surface area (Å²) in [6.07, 6.45) is 6.14. The van der Waals surface area contributed by atoms with Gasteiger partial charge in [-0.05, 0) is 43.0 Å². The second-order valence-corrected chi connectivity index (χ2v) is 6.95. The number of aromatic nitrogens is 1. The van der Waals surface area contributed by atoms with E-state index in [4.69, 9.17) is 0 Å². The van der Waals surface area contributed by atoms with Crippen LogP contribution in [0.4, 0.5) is 4.79 Å². The SMILES string of the molecule is O=C(N1CCCCC1)N1CCc2ncc(C#Cc3ccccc3)cc2C1. The molecule has 2 amide bonds. The van der Waals surface area contributed by atoms with Gasteiger partial charge in [-0.15, -0.1) is 0 Å². The van der Waals surface area contributed by atoms with Crippen molar-refractivity contribution in [1.82, 2.24) is 14.8 Å². The van der Waals surface area contributed by atoms with E-state index in [0.29, 0.717) is 6.54 Å². The van der Waals surface area contributed by atoms with Crippen molar-refractivity contribution >= 4 is 6.03 Å². The molecule has 4 nitrogen and oxygen atoms in total. The quantitative estimate of drug-likeness (QED) is 0.686. The van der Waals surface area contributed by atoms with Gasteiger partial charge in [-0.1, -0.05) is 30.0 Å². The van der Waals surface area contributed by atoms with E-state index in [2.05, 4.69) is 22.9 Å². The number of amides is 2. The summed E-state index contributed by atoms with van der Waals surface area (Å²) in [6.45, 7) is 3.18. The first-order valence-corrected chi connectivity index (χ1v) is 9.38. The van der Waals surface area contributed by atoms with Crippen molar-refractivity contribution in [3.8, 4) is 11.8 Å². The number of pyridine rings is 1. The largest absolute Gasteiger partial charge is 0.325 e. The predicted octanol–water partition coefficient (Wildman–Crippen LogP) is 3.45. The van der Waals surface area contributed by atoms with Crippen molar-refractivity contribution in [2.75, 3.05) is 19.6 Å². The molecule has 0 bridgehead atoms. The average Bonchev–Trinajstić information content (AvgIpc) is 2.72. The zero-order chi connectivity index (χ0) is 17.8. The first-order chi connectivity index (χ1) is 12.8. The van der Waals surface area contributed by atoms with Crippen LogP contribution in [-0.2, 0) is 13.0 Å². The Balaban J connectivity index is 1.49. The van der Waals surface area contributed by atoms with E-state index in [9.17, 15) is 4.79 Å². The number of nitrogens with zero attached hydrogens (tertiary/aromatic N) is 3. The van der Waals surface area contributed by atoms with Gasteiger partial charge in [0.15, 0.2) is 0 Å². The van der Waals surface area contributed by atoms with Crippen molar-refractivity contribution < 1.29 is 4.79 Å². The van der Waals surface area contributed by atoms with E-state index < -0.39 is 0 Å². The summed E-state index contributed by atoms with van der Waals surface area (Å²) in [5.74, 6) is 6.37. The summed E-state index contributed by atoms with van der Waals surface area (Å²) >= 11 is 0. The maximum Gasteiger partial charge on any atom is 0.320 e. The second kappa shape index (κ2) is 7.61. The van der Waals surface area contributed by atoms with Gasteiger partial charge in [-0.3, -0.25) is 4.98 Å². The number of carbonyl (C=O) groups is 1. The Labute approximate surface area is 154 Å². The van der Waals surface area contributed by atoms with E-state index >= 15 is 0 Å². The van der Waals surface area contributed by atoms with Gasteiger partial charge < -0.3 is 9.80 Å². The number of benzene rings is 1. The molecule has 2 aliphatic rings. The Morgan fingerprint density at radius 2 is 1.69 bits per heavy atom. The van der Waals surface area contributed by atoms with Crippen molar-refractivity contribution in [3.63, 3.8) is 0 Å². The van der Waals surface area contributed by atoms with Crippen molar-refractivity contribution in [2.45, 2.75) is 32.2 Å². The molecule has 4 rings (SSSR count). The minimum Gasteiger partial charge on any atom is -0.325 e. The van der Waals surface area contributed by atoms with Crippen LogP contribution in [-0.4, -0.2) is 40.4 Å². The van der Waals surface area contributed by atoms with Crippen LogP contribution in [0.1, 0.15) is 41.6 Å². The molecule has 0 unspecified atom stereocenters. The highest BCUT2D eigenvalue weighted by Gasteiger charge is 2.26. The van der Waals surface area contributed by atoms with E-state index in [0.717, 1.165) is 61.3 Å². The van der Waals surface area contributed by atoms with E-state index in [1.54, 1.807) is 0 Å². The first-order valence-electron chi connectivity index (χ1n) is 9.38. The maximum absolute atomic E-state index is 12.8. The van der Waals surface area contributed by atoms with Crippen LogP contribution in [0, 0.1) is 11.8 Å². The Hall–Kier alpha value is -2.80. The van der Waals surface area contributed by atoms with E-state index in [1.807, 2.05) is 46.3 Å². The van der Waals surface area contributed by atoms with Crippen LogP contribution in [0.15, 0.2) is 42.6 Å². The summed E-state index contributed by atoms with van der Waals surface area (Å²) in [4.78, 5) is 21.3. The average molecular weight is 345 g/mol. The molecule has 3 heterocycles. The van der Waals surface area contributed by atoms with Crippen LogP contribution in [0.25, 0.3) is 0 Å². The lowest BCUT2D eigenvalue weighted by Crippen LogP contribution is -2.47. The van der Waals surface area contributed by atoms with Gasteiger partial charge in [-0.25, -0.2) is 4.79 Å². The third kappa shape index (κ3) is 3.72. The van der Waals surface area contributed by atoms with Crippen LogP contribution in [0.3, 0.4) is 0 Å². The molecule has 132 valence electrons. The standard InChI is InChI=1S/C22H23N3O/c26-22(24-12-5-2-6-13-24)25-14-11-21-20(17-25)15-19(16-23-21)10-9-18-7-3-1-4-8-18/h1,3-4,7-8,15-16H,2,5-6,11-14,17H2. The molecular formula is C22H23N3O. The number of hydrogen-bond donors (Lipinski definition) is 0. The topological polar surface area (TPSA) is 36.4 Å². The van der Waals surface area contributed by atoms with Gasteiger partial charge >= 0.3 is 6.03 Å². The summed E-state index contributed by atoms with van der Waals surface area (Å²) in [6, 6.07) is 12.2. The molecule has 1 saturated heterocycles. The van der Waals surface area contributed by atoms with Gasteiger partial charge in [-0.2, -0.15) is 0 Å². The molecule has 0 aliphatic carbocycles. The minimum absolute atomic E-state index is 0.177. The molecule has 0 N–H and O–H groups in total. The highest BCUT2D eigenvalue weighted by molar-refractivity contribution is 5.75. The van der Waals surface area contributed by atoms with Gasteiger partial charge in [0.25, 0.3) is 0 Å². The zero-order valence-electron chi connectivity index (χ0n) is 14.9. The molecular weight excluding hydrogens is 322 g/mol. The fraction of sp³-hybridized carbons (Fsp3) is 0.364. The van der Waals surface area contributed by atoms with Crippen molar-refractivity contribution in [3.05, 3.63) is 65.0 Å². The lowest BCUT2D eigenvalue weighted by Gasteiger charge is -2.35. The monoisotopic (exact) mass is 345 g/mol. The lowest BCUT2D eigenvalue weighted by molar-refractivity contribution is 0.138. The molecule has 1 aromatic carbocycles. The Morgan fingerprint density at radius 3 is 2.50 bits per heavy atom. The second-order valence-electron chi connectivity index (χ2n) is 6.95. The number of hydrogen-bond acceptors (Lipinski definition) is 2. The molecule has 0 saturated carbocycles. The Bertz CT molecular complexity index is 845. The Kier molecular flexibility index (Phi) is 4.88. The molecule has 26 heavy (non-hydrogen) atoms. The summed E-state index contributed by atoms with van der Waals surface area (Å²) in [5.41, 5.74) is 4.12. The van der Waals surface area contributed by atoms with Gasteiger partial charge in [0.1, 0.15) is 0 Å². The molecule has 2 aliphatic heterocycles. The van der Waals surface area contributed by atoms with Gasteiger partial charge in [0, 0.05) is 55.6 Å². The number of urea groups is 1. The van der Waals surface area contributed by atoms with Crippen LogP contribution in [0.2, 0.25) is 0 Å². The first kappa shape index (κ1) is 16.7. The van der Waals surface area contributed by atoms with E-state index in [-0.39, 0.29) is 6.03 Å². The van der Waals surface area contributed by atoms with Crippen LogP contribution >= 0.6 is 0 Å². The number of piperidine rings is 1. The fourth-order valence-electron chi connectivity index (χ4n) is 3.61. The third-order valence-electron chi connectivity index (χ3n) is 5.06. The fourth-order valence-corrected chi connectivity index (χ4v) is 3.61. The maximum atomic E-state index is 12.8. The molecule has 2 aromatic rings. The Morgan fingerprint density at radius 1 is 0.923 bits per heavy atom. The number of carbonyl (C=O) groups excluding carboxylic acids is 1. The minimum atomic E-state index is 0.177. The predicted molar refractivity (Wildman–Crippen MR) is 102 cm³/mol. The molecule has 4 heteroatoms. The van der Waals surface area contributed by atoms with Gasteiger partial charge in [0.05, 0.1) is 0 Å². The van der Waals surface area contributed by atoms with Crippen LogP contribution < -0.4 is 0 Å². The summed E-state index contributed by atoms with van der Waals surface area (Å²) < 4.78 is 0. The lowest BCUT2D eigenvalue weighted by atomic mass is 10.0. The molecule has 0 atom stereocenters. The number of likely N-dealkylation sites (tertiary alicyclic amines) is 1. The highest BCUT2D eigenvalue weighted by Crippen LogP contribution is 2.20. The number of fused-ring (bicyclic) bond motifs is 1. The molecule has 1 aromatic heterocycles. The molecule has 0 spiro atoms. The van der Waals surface area contributed by atoms with Crippen molar-refractivity contribution in [2.24, 2.45) is 0 Å². The van der Waals surface area contributed by atoms with Crippen LogP contribution in [0.5, 0.6) is 0 Å². The zero-order valence-corrected chi connectivity index (χ0v) is 14.9. The molecule has 0 radical (unpaired) electrons. The smallest absolute Gasteiger partial charge is 0.320 e. The molecule has 1 fully saturated rings. The van der Waals surface area contributed by atoms with Gasteiger partial charge in [0.2, 0.25) is 0 Å².